The molecule has 0 saturated carbocycles. The molecule has 0 unspecified atom stereocenters. The Kier molecular flexibility index (Phi) is 7.44. The van der Waals surface area contributed by atoms with Crippen molar-refractivity contribution in [2.24, 2.45) is 0 Å². The maximum Gasteiger partial charge on any atom is 0.341 e. The fourth-order valence-corrected chi connectivity index (χ4v) is 4.35. The van der Waals surface area contributed by atoms with Crippen molar-refractivity contribution >= 4 is 33.2 Å². The zero-order valence-electron chi connectivity index (χ0n) is 18.9. The standard InChI is InChI=1S/C25H25N3O5S/c1-3-32-22-11-16(4-5-20(22)33-14-25(29)30)19-12-24(28-15-27-19)26-8-6-17-10-18-7-9-34-23(18)13-21(17)31-2/h4-5,7,9-13,15H,3,6,8,14H2,1-2H3,(H,29,30)(H,26,27,28). The smallest absolute Gasteiger partial charge is 0.341 e. The molecule has 2 aromatic carbocycles. The van der Waals surface area contributed by atoms with Crippen molar-refractivity contribution < 1.29 is 24.1 Å². The number of anilines is 1. The average molecular weight is 480 g/mol. The van der Waals surface area contributed by atoms with Crippen molar-refractivity contribution in [3.63, 3.8) is 0 Å². The molecule has 2 heterocycles. The van der Waals surface area contributed by atoms with E-state index in [-0.39, 0.29) is 0 Å². The van der Waals surface area contributed by atoms with Crippen LogP contribution in [0, 0.1) is 0 Å². The molecule has 0 radical (unpaired) electrons. The first-order valence-corrected chi connectivity index (χ1v) is 11.7. The van der Waals surface area contributed by atoms with Gasteiger partial charge < -0.3 is 24.6 Å². The molecule has 0 aliphatic heterocycles. The molecule has 0 fully saturated rings. The largest absolute Gasteiger partial charge is 0.496 e. The van der Waals surface area contributed by atoms with Crippen molar-refractivity contribution in [2.75, 3.05) is 32.2 Å². The second-order valence-corrected chi connectivity index (χ2v) is 8.31. The summed E-state index contributed by atoms with van der Waals surface area (Å²) in [6.07, 6.45) is 2.28. The van der Waals surface area contributed by atoms with Crippen LogP contribution in [0.15, 0.2) is 54.2 Å². The molecule has 0 amide bonds. The van der Waals surface area contributed by atoms with E-state index in [0.29, 0.717) is 36.2 Å². The Labute approximate surface area is 201 Å². The van der Waals surface area contributed by atoms with E-state index in [9.17, 15) is 4.79 Å². The highest BCUT2D eigenvalue weighted by molar-refractivity contribution is 7.17. The predicted octanol–water partition coefficient (Wildman–Crippen LogP) is 4.88. The van der Waals surface area contributed by atoms with Gasteiger partial charge in [0.05, 0.1) is 19.4 Å². The van der Waals surface area contributed by atoms with Gasteiger partial charge in [0.1, 0.15) is 17.9 Å². The number of methoxy groups -OCH3 is 1. The number of ether oxygens (including phenoxy) is 3. The van der Waals surface area contributed by atoms with Crippen molar-refractivity contribution in [3.05, 3.63) is 59.7 Å². The van der Waals surface area contributed by atoms with Gasteiger partial charge in [0, 0.05) is 22.9 Å². The Bertz CT molecular complexity index is 1290. The van der Waals surface area contributed by atoms with Crippen LogP contribution in [-0.2, 0) is 11.2 Å². The molecule has 2 aromatic heterocycles. The number of hydrogen-bond acceptors (Lipinski definition) is 8. The van der Waals surface area contributed by atoms with Gasteiger partial charge in [0.25, 0.3) is 0 Å². The van der Waals surface area contributed by atoms with Gasteiger partial charge in [-0.2, -0.15) is 0 Å². The van der Waals surface area contributed by atoms with E-state index in [1.54, 1.807) is 30.6 Å². The fourth-order valence-electron chi connectivity index (χ4n) is 3.55. The van der Waals surface area contributed by atoms with Gasteiger partial charge in [-0.3, -0.25) is 0 Å². The quantitative estimate of drug-likeness (QED) is 0.314. The summed E-state index contributed by atoms with van der Waals surface area (Å²) in [6.45, 7) is 2.51. The SMILES string of the molecule is CCOc1cc(-c2cc(NCCc3cc4ccsc4cc3OC)ncn2)ccc1OCC(=O)O. The summed E-state index contributed by atoms with van der Waals surface area (Å²) in [7, 11) is 1.69. The molecule has 0 saturated heterocycles. The van der Waals surface area contributed by atoms with Crippen molar-refractivity contribution in [2.45, 2.75) is 13.3 Å². The summed E-state index contributed by atoms with van der Waals surface area (Å²) >= 11 is 1.70. The molecule has 4 rings (SSSR count). The second kappa shape index (κ2) is 10.8. The Morgan fingerprint density at radius 1 is 1.06 bits per heavy atom. The van der Waals surface area contributed by atoms with Crippen LogP contribution < -0.4 is 19.5 Å². The lowest BCUT2D eigenvalue weighted by Gasteiger charge is -2.13. The first kappa shape index (κ1) is 23.3. The van der Waals surface area contributed by atoms with Crippen molar-refractivity contribution in [1.29, 1.82) is 0 Å². The molecule has 2 N–H and O–H groups in total. The van der Waals surface area contributed by atoms with E-state index in [4.69, 9.17) is 19.3 Å². The molecule has 0 aliphatic carbocycles. The minimum atomic E-state index is -1.05. The Hall–Kier alpha value is -3.85. The summed E-state index contributed by atoms with van der Waals surface area (Å²) in [5, 5.41) is 15.5. The van der Waals surface area contributed by atoms with E-state index >= 15 is 0 Å². The van der Waals surface area contributed by atoms with Crippen LogP contribution in [0.3, 0.4) is 0 Å². The minimum Gasteiger partial charge on any atom is -0.496 e. The van der Waals surface area contributed by atoms with Crippen LogP contribution in [0.25, 0.3) is 21.3 Å². The molecule has 9 heteroatoms. The number of aliphatic carboxylic acids is 1. The highest BCUT2D eigenvalue weighted by Crippen LogP contribution is 2.33. The number of carbonyl (C=O) groups is 1. The van der Waals surface area contributed by atoms with Gasteiger partial charge in [0.2, 0.25) is 0 Å². The molecule has 176 valence electrons. The zero-order valence-corrected chi connectivity index (χ0v) is 19.7. The maximum atomic E-state index is 10.8. The predicted molar refractivity (Wildman–Crippen MR) is 132 cm³/mol. The number of carboxylic acids is 1. The topological polar surface area (TPSA) is 103 Å². The second-order valence-electron chi connectivity index (χ2n) is 7.36. The molecular weight excluding hydrogens is 454 g/mol. The first-order chi connectivity index (χ1) is 16.6. The Morgan fingerprint density at radius 2 is 1.94 bits per heavy atom. The highest BCUT2D eigenvalue weighted by atomic mass is 32.1. The number of rotatable bonds is 11. The van der Waals surface area contributed by atoms with Crippen LogP contribution in [0.2, 0.25) is 0 Å². The van der Waals surface area contributed by atoms with Gasteiger partial charge in [-0.25, -0.2) is 14.8 Å². The lowest BCUT2D eigenvalue weighted by Crippen LogP contribution is -2.10. The number of nitrogens with zero attached hydrogens (tertiary/aromatic N) is 2. The Morgan fingerprint density at radius 3 is 2.74 bits per heavy atom. The number of aromatic nitrogens is 2. The lowest BCUT2D eigenvalue weighted by molar-refractivity contribution is -0.139. The van der Waals surface area contributed by atoms with Crippen LogP contribution in [0.4, 0.5) is 5.82 Å². The number of nitrogens with one attached hydrogen (secondary N) is 1. The van der Waals surface area contributed by atoms with E-state index in [1.807, 2.05) is 19.1 Å². The van der Waals surface area contributed by atoms with E-state index in [1.165, 1.54) is 16.4 Å². The summed E-state index contributed by atoms with van der Waals surface area (Å²) in [5.41, 5.74) is 2.65. The van der Waals surface area contributed by atoms with Crippen LogP contribution in [-0.4, -0.2) is 47.9 Å². The van der Waals surface area contributed by atoms with Crippen molar-refractivity contribution in [3.8, 4) is 28.5 Å². The number of carboxylic acid groups (broad SMARTS) is 1. The maximum absolute atomic E-state index is 10.8. The lowest BCUT2D eigenvalue weighted by atomic mass is 10.1. The number of benzene rings is 2. The molecule has 8 nitrogen and oxygen atoms in total. The van der Waals surface area contributed by atoms with Gasteiger partial charge >= 0.3 is 5.97 Å². The van der Waals surface area contributed by atoms with Gasteiger partial charge in [-0.15, -0.1) is 11.3 Å². The number of hydrogen-bond donors (Lipinski definition) is 2. The third-order valence-electron chi connectivity index (χ3n) is 5.11. The van der Waals surface area contributed by atoms with Gasteiger partial charge in [-0.05, 0) is 66.1 Å². The molecule has 0 bridgehead atoms. The van der Waals surface area contributed by atoms with Gasteiger partial charge in [-0.1, -0.05) is 0 Å². The normalized spacial score (nSPS) is 10.8. The van der Waals surface area contributed by atoms with E-state index in [0.717, 1.165) is 23.3 Å². The molecular formula is C25H25N3O5S. The molecule has 4 aromatic rings. The molecule has 34 heavy (non-hydrogen) atoms. The van der Waals surface area contributed by atoms with Crippen LogP contribution >= 0.6 is 11.3 Å². The monoisotopic (exact) mass is 479 g/mol. The third-order valence-corrected chi connectivity index (χ3v) is 5.99. The number of fused-ring (bicyclic) bond motifs is 1. The van der Waals surface area contributed by atoms with Crippen LogP contribution in [0.1, 0.15) is 12.5 Å². The van der Waals surface area contributed by atoms with Crippen molar-refractivity contribution in [1.82, 2.24) is 9.97 Å². The highest BCUT2D eigenvalue weighted by Gasteiger charge is 2.11. The third kappa shape index (κ3) is 5.55. The number of thiophene rings is 1. The first-order valence-electron chi connectivity index (χ1n) is 10.8. The van der Waals surface area contributed by atoms with Crippen LogP contribution in [0.5, 0.6) is 17.2 Å². The molecule has 0 atom stereocenters. The molecule has 0 spiro atoms. The zero-order chi connectivity index (χ0) is 23.9. The summed E-state index contributed by atoms with van der Waals surface area (Å²) in [5.74, 6) is 1.37. The summed E-state index contributed by atoms with van der Waals surface area (Å²) < 4.78 is 17.7. The minimum absolute atomic E-state index is 0.372. The van der Waals surface area contributed by atoms with E-state index < -0.39 is 12.6 Å². The summed E-state index contributed by atoms with van der Waals surface area (Å²) in [6, 6.07) is 13.5. The fraction of sp³-hybridized carbons (Fsp3) is 0.240. The average Bonchev–Trinajstić information content (AvgIpc) is 3.30. The van der Waals surface area contributed by atoms with E-state index in [2.05, 4.69) is 38.9 Å². The van der Waals surface area contributed by atoms with Gasteiger partial charge in [0.15, 0.2) is 18.1 Å². The Balaban J connectivity index is 1.47. The molecule has 0 aliphatic rings. The summed E-state index contributed by atoms with van der Waals surface area (Å²) in [4.78, 5) is 19.5.